The maximum Gasteiger partial charge on any atom is 0.396 e. The van der Waals surface area contributed by atoms with Gasteiger partial charge in [-0.3, -0.25) is 0 Å². The molecular weight excluding hydrogens is 185 g/mol. The minimum atomic E-state index is -4.25. The predicted molar refractivity (Wildman–Crippen MR) is 39.1 cm³/mol. The van der Waals surface area contributed by atoms with Gasteiger partial charge in [0.05, 0.1) is 6.61 Å². The van der Waals surface area contributed by atoms with Crippen molar-refractivity contribution in [1.29, 1.82) is 0 Å². The van der Waals surface area contributed by atoms with Crippen LogP contribution in [0.3, 0.4) is 0 Å². The highest BCUT2D eigenvalue weighted by atomic mass is 19.4. The number of nitrogens with zero attached hydrogens (tertiary/aromatic N) is 2. The van der Waals surface area contributed by atoms with E-state index in [2.05, 4.69) is 4.98 Å². The molecule has 1 heterocycles. The van der Waals surface area contributed by atoms with Gasteiger partial charge in [-0.05, 0) is 0 Å². The Labute approximate surface area is 72.8 Å². The number of imidazole rings is 1. The maximum absolute atomic E-state index is 11.9. The van der Waals surface area contributed by atoms with Crippen LogP contribution in [0.2, 0.25) is 0 Å². The van der Waals surface area contributed by atoms with Crippen LogP contribution in [0.5, 0.6) is 0 Å². The first-order chi connectivity index (χ1) is 6.03. The van der Waals surface area contributed by atoms with Gasteiger partial charge in [0, 0.05) is 18.9 Å². The maximum atomic E-state index is 11.9. The van der Waals surface area contributed by atoms with Gasteiger partial charge in [0.25, 0.3) is 0 Å². The molecule has 0 bridgehead atoms. The SMILES string of the molecule is OCCn1ccnc1CC(F)(F)F. The Bertz CT molecular complexity index is 269. The summed E-state index contributed by atoms with van der Waals surface area (Å²) in [4.78, 5) is 3.55. The molecule has 0 unspecified atom stereocenters. The van der Waals surface area contributed by atoms with Gasteiger partial charge in [-0.1, -0.05) is 0 Å². The van der Waals surface area contributed by atoms with Gasteiger partial charge in [0.15, 0.2) is 0 Å². The molecule has 13 heavy (non-hydrogen) atoms. The number of halogens is 3. The second kappa shape index (κ2) is 3.78. The number of hydrogen-bond donors (Lipinski definition) is 1. The van der Waals surface area contributed by atoms with Gasteiger partial charge in [-0.25, -0.2) is 4.98 Å². The molecule has 3 nitrogen and oxygen atoms in total. The summed E-state index contributed by atoms with van der Waals surface area (Å²) >= 11 is 0. The Morgan fingerprint density at radius 1 is 1.46 bits per heavy atom. The van der Waals surface area contributed by atoms with Crippen LogP contribution in [-0.4, -0.2) is 27.4 Å². The molecule has 1 aromatic heterocycles. The summed E-state index contributed by atoms with van der Waals surface area (Å²) in [6.45, 7) is -0.0490. The lowest BCUT2D eigenvalue weighted by Gasteiger charge is -2.07. The molecule has 0 aliphatic rings. The van der Waals surface area contributed by atoms with Gasteiger partial charge in [-0.2, -0.15) is 13.2 Å². The van der Waals surface area contributed by atoms with Crippen LogP contribution in [0.4, 0.5) is 13.2 Å². The Balaban J connectivity index is 2.70. The molecule has 1 aromatic rings. The van der Waals surface area contributed by atoms with Crippen molar-refractivity contribution in [1.82, 2.24) is 9.55 Å². The zero-order valence-corrected chi connectivity index (χ0v) is 6.75. The molecule has 6 heteroatoms. The molecule has 1 N–H and O–H groups in total. The first kappa shape index (κ1) is 10.0. The van der Waals surface area contributed by atoms with Crippen LogP contribution in [-0.2, 0) is 13.0 Å². The topological polar surface area (TPSA) is 38.0 Å². The molecular formula is C7H9F3N2O. The second-order valence-corrected chi connectivity index (χ2v) is 2.55. The third-order valence-corrected chi connectivity index (χ3v) is 1.50. The van der Waals surface area contributed by atoms with Crippen LogP contribution in [0.15, 0.2) is 12.4 Å². The normalized spacial score (nSPS) is 12.0. The van der Waals surface area contributed by atoms with E-state index in [0.717, 1.165) is 0 Å². The van der Waals surface area contributed by atoms with Gasteiger partial charge < -0.3 is 9.67 Å². The highest BCUT2D eigenvalue weighted by Gasteiger charge is 2.29. The average molecular weight is 194 g/mol. The Morgan fingerprint density at radius 3 is 2.69 bits per heavy atom. The smallest absolute Gasteiger partial charge is 0.395 e. The quantitative estimate of drug-likeness (QED) is 0.778. The Morgan fingerprint density at radius 2 is 2.15 bits per heavy atom. The molecule has 0 aromatic carbocycles. The van der Waals surface area contributed by atoms with E-state index in [4.69, 9.17) is 5.11 Å². The van der Waals surface area contributed by atoms with Crippen molar-refractivity contribution in [3.8, 4) is 0 Å². The molecule has 1 rings (SSSR count). The van der Waals surface area contributed by atoms with Crippen LogP contribution < -0.4 is 0 Å². The van der Waals surface area contributed by atoms with Crippen molar-refractivity contribution >= 4 is 0 Å². The molecule has 74 valence electrons. The van der Waals surface area contributed by atoms with Crippen molar-refractivity contribution in [2.75, 3.05) is 6.61 Å². The molecule has 0 radical (unpaired) electrons. The van der Waals surface area contributed by atoms with Crippen molar-refractivity contribution < 1.29 is 18.3 Å². The van der Waals surface area contributed by atoms with E-state index < -0.39 is 12.6 Å². The fourth-order valence-electron chi connectivity index (χ4n) is 0.998. The summed E-state index contributed by atoms with van der Waals surface area (Å²) in [5, 5.41) is 8.53. The summed E-state index contributed by atoms with van der Waals surface area (Å²) in [6, 6.07) is 0. The minimum Gasteiger partial charge on any atom is -0.395 e. The van der Waals surface area contributed by atoms with Gasteiger partial charge >= 0.3 is 6.18 Å². The fraction of sp³-hybridized carbons (Fsp3) is 0.571. The largest absolute Gasteiger partial charge is 0.396 e. The van der Waals surface area contributed by atoms with Crippen LogP contribution in [0.25, 0.3) is 0 Å². The van der Waals surface area contributed by atoms with Gasteiger partial charge in [0.2, 0.25) is 0 Å². The standard InChI is InChI=1S/C7H9F3N2O/c8-7(9,10)5-6-11-1-2-12(6)3-4-13/h1-2,13H,3-5H2. The zero-order valence-electron chi connectivity index (χ0n) is 6.75. The highest BCUT2D eigenvalue weighted by Crippen LogP contribution is 2.19. The van der Waals surface area contributed by atoms with E-state index in [1.807, 2.05) is 0 Å². The highest BCUT2D eigenvalue weighted by molar-refractivity contribution is 4.94. The van der Waals surface area contributed by atoms with E-state index in [1.165, 1.54) is 17.0 Å². The number of aromatic nitrogens is 2. The molecule has 0 atom stereocenters. The van der Waals surface area contributed by atoms with Crippen LogP contribution in [0.1, 0.15) is 5.82 Å². The first-order valence-electron chi connectivity index (χ1n) is 3.70. The summed E-state index contributed by atoms with van der Waals surface area (Å²) in [6.07, 6.45) is -2.60. The minimum absolute atomic E-state index is 0.0680. The molecule has 0 aliphatic carbocycles. The van der Waals surface area contributed by atoms with E-state index in [-0.39, 0.29) is 19.0 Å². The summed E-state index contributed by atoms with van der Waals surface area (Å²) in [5.41, 5.74) is 0. The van der Waals surface area contributed by atoms with Gasteiger partial charge in [-0.15, -0.1) is 0 Å². The first-order valence-corrected chi connectivity index (χ1v) is 3.70. The van der Waals surface area contributed by atoms with Gasteiger partial charge in [0.1, 0.15) is 12.2 Å². The third-order valence-electron chi connectivity index (χ3n) is 1.50. The predicted octanol–water partition coefficient (Wildman–Crippen LogP) is 0.980. The lowest BCUT2D eigenvalue weighted by Crippen LogP contribution is -2.17. The van der Waals surface area contributed by atoms with E-state index in [1.54, 1.807) is 0 Å². The molecule has 0 spiro atoms. The monoisotopic (exact) mass is 194 g/mol. The Kier molecular flexibility index (Phi) is 2.92. The molecule has 0 saturated carbocycles. The van der Waals surface area contributed by atoms with Crippen molar-refractivity contribution in [2.45, 2.75) is 19.1 Å². The van der Waals surface area contributed by atoms with Crippen molar-refractivity contribution in [3.05, 3.63) is 18.2 Å². The van der Waals surface area contributed by atoms with E-state index >= 15 is 0 Å². The molecule has 0 amide bonds. The zero-order chi connectivity index (χ0) is 9.90. The number of aliphatic hydroxyl groups is 1. The Hall–Kier alpha value is -1.04. The molecule has 0 saturated heterocycles. The fourth-order valence-corrected chi connectivity index (χ4v) is 0.998. The van der Waals surface area contributed by atoms with E-state index in [0.29, 0.717) is 0 Å². The number of alkyl halides is 3. The summed E-state index contributed by atoms with van der Waals surface area (Å²) in [5.74, 6) is -0.0680. The lowest BCUT2D eigenvalue weighted by molar-refractivity contribution is -0.129. The number of rotatable bonds is 3. The molecule has 0 fully saturated rings. The van der Waals surface area contributed by atoms with Crippen molar-refractivity contribution in [2.24, 2.45) is 0 Å². The third kappa shape index (κ3) is 3.06. The summed E-state index contributed by atoms with van der Waals surface area (Å²) in [7, 11) is 0. The average Bonchev–Trinajstić information content (AvgIpc) is 2.34. The van der Waals surface area contributed by atoms with Crippen LogP contribution >= 0.6 is 0 Å². The second-order valence-electron chi connectivity index (χ2n) is 2.55. The lowest BCUT2D eigenvalue weighted by atomic mass is 10.4. The van der Waals surface area contributed by atoms with Crippen molar-refractivity contribution in [3.63, 3.8) is 0 Å². The van der Waals surface area contributed by atoms with Crippen LogP contribution in [0, 0.1) is 0 Å². The summed E-state index contributed by atoms with van der Waals surface area (Å²) < 4.78 is 37.1. The molecule has 0 aliphatic heterocycles. The number of hydrogen-bond acceptors (Lipinski definition) is 2. The van der Waals surface area contributed by atoms with E-state index in [9.17, 15) is 13.2 Å². The number of aliphatic hydroxyl groups excluding tert-OH is 1.